The lowest BCUT2D eigenvalue weighted by Crippen LogP contribution is -2.04. The molecule has 0 unspecified atom stereocenters. The SMILES string of the molecule is O=C(Cc1ccc(O)c(O)c1)c1cc(O)c(O)cc1Br. The van der Waals surface area contributed by atoms with Gasteiger partial charge in [-0.2, -0.15) is 0 Å². The molecule has 0 saturated heterocycles. The molecule has 0 saturated carbocycles. The van der Waals surface area contributed by atoms with E-state index in [0.29, 0.717) is 10.0 Å². The standard InChI is InChI=1S/C14H11BrO5/c15-9-6-14(20)13(19)5-8(9)11(17)3-7-1-2-10(16)12(18)4-7/h1-2,4-6,16,18-20H,3H2. The average Bonchev–Trinajstić information content (AvgIpc) is 2.38. The second kappa shape index (κ2) is 5.42. The third-order valence-corrected chi connectivity index (χ3v) is 3.43. The Morgan fingerprint density at radius 2 is 1.50 bits per heavy atom. The number of rotatable bonds is 3. The van der Waals surface area contributed by atoms with E-state index in [2.05, 4.69) is 15.9 Å². The summed E-state index contributed by atoms with van der Waals surface area (Å²) in [5, 5.41) is 37.3. The molecule has 0 aromatic heterocycles. The van der Waals surface area contributed by atoms with Gasteiger partial charge in [0.1, 0.15) is 0 Å². The van der Waals surface area contributed by atoms with Crippen molar-refractivity contribution in [3.05, 3.63) is 45.9 Å². The van der Waals surface area contributed by atoms with Gasteiger partial charge in [-0.15, -0.1) is 0 Å². The summed E-state index contributed by atoms with van der Waals surface area (Å²) in [4.78, 5) is 12.1. The molecule has 2 aromatic carbocycles. The summed E-state index contributed by atoms with van der Waals surface area (Å²) in [6.45, 7) is 0. The lowest BCUT2D eigenvalue weighted by atomic mass is 10.0. The third kappa shape index (κ3) is 2.85. The van der Waals surface area contributed by atoms with E-state index >= 15 is 0 Å². The van der Waals surface area contributed by atoms with E-state index in [4.69, 9.17) is 0 Å². The fourth-order valence-corrected chi connectivity index (χ4v) is 2.28. The van der Waals surface area contributed by atoms with Crippen molar-refractivity contribution in [1.29, 1.82) is 0 Å². The highest BCUT2D eigenvalue weighted by atomic mass is 79.9. The van der Waals surface area contributed by atoms with Gasteiger partial charge in [0.05, 0.1) is 0 Å². The van der Waals surface area contributed by atoms with Crippen molar-refractivity contribution < 1.29 is 25.2 Å². The Morgan fingerprint density at radius 1 is 0.900 bits per heavy atom. The first kappa shape index (κ1) is 14.2. The molecular weight excluding hydrogens is 328 g/mol. The summed E-state index contributed by atoms with van der Waals surface area (Å²) < 4.78 is 0.362. The number of phenolic OH excluding ortho intramolecular Hbond substituents is 4. The monoisotopic (exact) mass is 338 g/mol. The number of hydrogen-bond acceptors (Lipinski definition) is 5. The highest BCUT2D eigenvalue weighted by molar-refractivity contribution is 9.10. The van der Waals surface area contributed by atoms with Gasteiger partial charge >= 0.3 is 0 Å². The van der Waals surface area contributed by atoms with Crippen molar-refractivity contribution >= 4 is 21.7 Å². The predicted octanol–water partition coefficient (Wildman–Crippen LogP) is 2.70. The van der Waals surface area contributed by atoms with Crippen molar-refractivity contribution in [3.8, 4) is 23.0 Å². The fourth-order valence-electron chi connectivity index (χ4n) is 1.72. The van der Waals surface area contributed by atoms with E-state index in [0.717, 1.165) is 0 Å². The molecule has 2 rings (SSSR count). The topological polar surface area (TPSA) is 98.0 Å². The Kier molecular flexibility index (Phi) is 3.85. The van der Waals surface area contributed by atoms with Gasteiger partial charge in [0.25, 0.3) is 0 Å². The van der Waals surface area contributed by atoms with Crippen molar-refractivity contribution in [2.45, 2.75) is 6.42 Å². The molecule has 6 heteroatoms. The zero-order valence-corrected chi connectivity index (χ0v) is 11.8. The zero-order chi connectivity index (χ0) is 14.9. The maximum absolute atomic E-state index is 12.1. The zero-order valence-electron chi connectivity index (χ0n) is 10.2. The number of carbonyl (C=O) groups excluding carboxylic acids is 1. The molecule has 0 amide bonds. The van der Waals surface area contributed by atoms with Crippen LogP contribution in [-0.2, 0) is 6.42 Å². The Hall–Kier alpha value is -2.21. The van der Waals surface area contributed by atoms with E-state index in [9.17, 15) is 25.2 Å². The minimum absolute atomic E-state index is 0.0172. The molecule has 0 aliphatic rings. The minimum atomic E-state index is -0.384. The van der Waals surface area contributed by atoms with Gasteiger partial charge in [-0.1, -0.05) is 6.07 Å². The van der Waals surface area contributed by atoms with Crippen LogP contribution in [0, 0.1) is 0 Å². The van der Waals surface area contributed by atoms with E-state index in [1.807, 2.05) is 0 Å². The second-order valence-electron chi connectivity index (χ2n) is 4.24. The number of aromatic hydroxyl groups is 4. The minimum Gasteiger partial charge on any atom is -0.504 e. The third-order valence-electron chi connectivity index (χ3n) is 2.77. The molecule has 0 heterocycles. The van der Waals surface area contributed by atoms with Crippen molar-refractivity contribution in [2.24, 2.45) is 0 Å². The molecule has 0 fully saturated rings. The lowest BCUT2D eigenvalue weighted by Gasteiger charge is -2.07. The molecule has 0 aliphatic carbocycles. The van der Waals surface area contributed by atoms with Crippen molar-refractivity contribution in [3.63, 3.8) is 0 Å². The molecule has 0 radical (unpaired) electrons. The lowest BCUT2D eigenvalue weighted by molar-refractivity contribution is 0.0991. The Bertz CT molecular complexity index is 682. The summed E-state index contributed by atoms with van der Waals surface area (Å²) in [5.74, 6) is -1.58. The van der Waals surface area contributed by atoms with Crippen LogP contribution in [0.25, 0.3) is 0 Å². The molecular formula is C14H11BrO5. The van der Waals surface area contributed by atoms with Gasteiger partial charge < -0.3 is 20.4 Å². The summed E-state index contributed by atoms with van der Waals surface area (Å²) in [5.41, 5.74) is 0.734. The fraction of sp³-hybridized carbons (Fsp3) is 0.0714. The van der Waals surface area contributed by atoms with E-state index < -0.39 is 0 Å². The van der Waals surface area contributed by atoms with Crippen molar-refractivity contribution in [2.75, 3.05) is 0 Å². The number of phenols is 4. The van der Waals surface area contributed by atoms with Gasteiger partial charge in [0.15, 0.2) is 28.8 Å². The molecule has 2 aromatic rings. The van der Waals surface area contributed by atoms with Gasteiger partial charge in [-0.3, -0.25) is 4.79 Å². The molecule has 0 atom stereocenters. The van der Waals surface area contributed by atoms with Gasteiger partial charge in [0.2, 0.25) is 0 Å². The average molecular weight is 339 g/mol. The maximum Gasteiger partial charge on any atom is 0.168 e. The molecule has 5 nitrogen and oxygen atoms in total. The first-order valence-corrected chi connectivity index (χ1v) is 6.43. The smallest absolute Gasteiger partial charge is 0.168 e. The Morgan fingerprint density at radius 3 is 2.15 bits per heavy atom. The van der Waals surface area contributed by atoms with Crippen LogP contribution in [0.2, 0.25) is 0 Å². The second-order valence-corrected chi connectivity index (χ2v) is 5.10. The van der Waals surface area contributed by atoms with Crippen LogP contribution in [0.3, 0.4) is 0 Å². The van der Waals surface area contributed by atoms with E-state index in [1.165, 1.54) is 30.3 Å². The van der Waals surface area contributed by atoms with Crippen LogP contribution in [0.4, 0.5) is 0 Å². The number of ketones is 1. The number of Topliss-reactive ketones (excluding diaryl/α,β-unsaturated/α-hetero) is 1. The molecule has 0 spiro atoms. The van der Waals surface area contributed by atoms with Crippen LogP contribution >= 0.6 is 15.9 Å². The van der Waals surface area contributed by atoms with Crippen LogP contribution in [0.5, 0.6) is 23.0 Å². The summed E-state index contributed by atoms with van der Waals surface area (Å²) >= 11 is 3.14. The van der Waals surface area contributed by atoms with E-state index in [-0.39, 0.29) is 40.8 Å². The molecule has 104 valence electrons. The van der Waals surface area contributed by atoms with E-state index in [1.54, 1.807) is 0 Å². The maximum atomic E-state index is 12.1. The Labute approximate surface area is 122 Å². The Balaban J connectivity index is 2.28. The quantitative estimate of drug-likeness (QED) is 0.509. The number of benzene rings is 2. The number of carbonyl (C=O) groups is 1. The first-order chi connectivity index (χ1) is 9.38. The highest BCUT2D eigenvalue weighted by Gasteiger charge is 2.15. The largest absolute Gasteiger partial charge is 0.504 e. The summed E-state index contributed by atoms with van der Waals surface area (Å²) in [6, 6.07) is 6.50. The van der Waals surface area contributed by atoms with Gasteiger partial charge in [-0.25, -0.2) is 0 Å². The predicted molar refractivity (Wildman–Crippen MR) is 75.3 cm³/mol. The van der Waals surface area contributed by atoms with Crippen molar-refractivity contribution in [1.82, 2.24) is 0 Å². The summed E-state index contributed by atoms with van der Waals surface area (Å²) in [7, 11) is 0. The number of halogens is 1. The normalized spacial score (nSPS) is 10.4. The summed E-state index contributed by atoms with van der Waals surface area (Å²) in [6.07, 6.45) is -0.0172. The first-order valence-electron chi connectivity index (χ1n) is 5.64. The van der Waals surface area contributed by atoms with Gasteiger partial charge in [0, 0.05) is 16.5 Å². The van der Waals surface area contributed by atoms with Crippen LogP contribution < -0.4 is 0 Å². The molecule has 20 heavy (non-hydrogen) atoms. The van der Waals surface area contributed by atoms with Gasteiger partial charge in [-0.05, 0) is 45.8 Å². The molecule has 0 aliphatic heterocycles. The van der Waals surface area contributed by atoms with Crippen LogP contribution in [-0.4, -0.2) is 26.2 Å². The highest BCUT2D eigenvalue weighted by Crippen LogP contribution is 2.32. The molecule has 4 N–H and O–H groups in total. The van der Waals surface area contributed by atoms with Crippen LogP contribution in [0.1, 0.15) is 15.9 Å². The molecule has 0 bridgehead atoms. The number of hydrogen-bond donors (Lipinski definition) is 4. The van der Waals surface area contributed by atoms with Crippen LogP contribution in [0.15, 0.2) is 34.8 Å².